The van der Waals surface area contributed by atoms with E-state index >= 15 is 0 Å². The summed E-state index contributed by atoms with van der Waals surface area (Å²) in [6, 6.07) is 7.32. The van der Waals surface area contributed by atoms with Gasteiger partial charge in [0.1, 0.15) is 0 Å². The lowest BCUT2D eigenvalue weighted by molar-refractivity contribution is 0.0696. The number of benzene rings is 1. The number of nitrogens with zero attached hydrogens (tertiary/aromatic N) is 3. The van der Waals surface area contributed by atoms with Crippen molar-refractivity contribution in [3.05, 3.63) is 47.2 Å². The Balaban J connectivity index is 1.66. The van der Waals surface area contributed by atoms with E-state index in [1.807, 2.05) is 17.0 Å². The van der Waals surface area contributed by atoms with Gasteiger partial charge in [0.05, 0.1) is 5.56 Å². The van der Waals surface area contributed by atoms with Crippen LogP contribution in [0.1, 0.15) is 30.1 Å². The zero-order valence-corrected chi connectivity index (χ0v) is 13.8. The maximum Gasteiger partial charge on any atom is 0.256 e. The smallest absolute Gasteiger partial charge is 0.256 e. The Morgan fingerprint density at radius 2 is 1.96 bits per heavy atom. The minimum absolute atomic E-state index is 0.00575. The predicted molar refractivity (Wildman–Crippen MR) is 91.1 cm³/mol. The first-order chi connectivity index (χ1) is 11.1. The van der Waals surface area contributed by atoms with Crippen LogP contribution in [-0.4, -0.2) is 33.9 Å². The molecule has 5 nitrogen and oxygen atoms in total. The Kier molecular flexibility index (Phi) is 4.76. The number of nitrogens with one attached hydrogen (secondary N) is 1. The summed E-state index contributed by atoms with van der Waals surface area (Å²) in [5, 5.41) is 3.70. The summed E-state index contributed by atoms with van der Waals surface area (Å²) in [7, 11) is 0. The van der Waals surface area contributed by atoms with Gasteiger partial charge in [-0.2, -0.15) is 0 Å². The number of anilines is 2. The Morgan fingerprint density at radius 1 is 1.26 bits per heavy atom. The van der Waals surface area contributed by atoms with Gasteiger partial charge in [0.2, 0.25) is 5.95 Å². The van der Waals surface area contributed by atoms with Gasteiger partial charge in [-0.3, -0.25) is 4.79 Å². The average molecular weight is 331 g/mol. The number of aromatic nitrogens is 2. The molecule has 1 saturated heterocycles. The minimum Gasteiger partial charge on any atom is -0.339 e. The topological polar surface area (TPSA) is 58.1 Å². The van der Waals surface area contributed by atoms with Crippen LogP contribution in [0, 0.1) is 5.92 Å². The number of carbonyl (C=O) groups is 1. The molecular weight excluding hydrogens is 312 g/mol. The zero-order chi connectivity index (χ0) is 16.2. The SMILES string of the molecule is CC1CCN(C(=O)c2cnc(Nc3cccc(Cl)c3)nc2)CC1. The number of likely N-dealkylation sites (tertiary alicyclic amines) is 1. The lowest BCUT2D eigenvalue weighted by atomic mass is 9.99. The van der Waals surface area contributed by atoms with Crippen molar-refractivity contribution in [1.29, 1.82) is 0 Å². The minimum atomic E-state index is 0.00575. The highest BCUT2D eigenvalue weighted by atomic mass is 35.5. The summed E-state index contributed by atoms with van der Waals surface area (Å²) in [6.07, 6.45) is 5.25. The second-order valence-corrected chi connectivity index (χ2v) is 6.34. The van der Waals surface area contributed by atoms with Crippen LogP contribution < -0.4 is 5.32 Å². The molecule has 3 rings (SSSR count). The molecule has 1 aromatic carbocycles. The van der Waals surface area contributed by atoms with Gasteiger partial charge in [-0.15, -0.1) is 0 Å². The van der Waals surface area contributed by atoms with Crippen molar-refractivity contribution < 1.29 is 4.79 Å². The maximum atomic E-state index is 12.4. The number of piperidine rings is 1. The molecule has 2 aromatic rings. The molecule has 0 spiro atoms. The molecular formula is C17H19ClN4O. The molecule has 1 aromatic heterocycles. The molecule has 0 aliphatic carbocycles. The van der Waals surface area contributed by atoms with E-state index in [1.54, 1.807) is 24.5 Å². The molecule has 23 heavy (non-hydrogen) atoms. The molecule has 2 heterocycles. The summed E-state index contributed by atoms with van der Waals surface area (Å²) in [6.45, 7) is 3.84. The molecule has 0 unspecified atom stereocenters. The molecule has 1 N–H and O–H groups in total. The quantitative estimate of drug-likeness (QED) is 0.931. The fourth-order valence-corrected chi connectivity index (χ4v) is 2.78. The Hall–Kier alpha value is -2.14. The van der Waals surface area contributed by atoms with Crippen LogP contribution in [0.2, 0.25) is 5.02 Å². The van der Waals surface area contributed by atoms with Gasteiger partial charge in [0, 0.05) is 36.2 Å². The molecule has 1 aliphatic heterocycles. The van der Waals surface area contributed by atoms with E-state index in [0.29, 0.717) is 22.5 Å². The van der Waals surface area contributed by atoms with Crippen LogP contribution in [0.15, 0.2) is 36.7 Å². The van der Waals surface area contributed by atoms with Gasteiger partial charge in [-0.25, -0.2) is 9.97 Å². The van der Waals surface area contributed by atoms with Crippen LogP contribution in [0.25, 0.3) is 0 Å². The van der Waals surface area contributed by atoms with E-state index in [-0.39, 0.29) is 5.91 Å². The van der Waals surface area contributed by atoms with Crippen LogP contribution in [-0.2, 0) is 0 Å². The molecule has 1 amide bonds. The average Bonchev–Trinajstić information content (AvgIpc) is 2.56. The van der Waals surface area contributed by atoms with E-state index in [0.717, 1.165) is 31.6 Å². The van der Waals surface area contributed by atoms with Crippen molar-refractivity contribution in [1.82, 2.24) is 14.9 Å². The largest absolute Gasteiger partial charge is 0.339 e. The van der Waals surface area contributed by atoms with Crippen LogP contribution >= 0.6 is 11.6 Å². The van der Waals surface area contributed by atoms with Crippen molar-refractivity contribution in [2.75, 3.05) is 18.4 Å². The first-order valence-corrected chi connectivity index (χ1v) is 8.13. The molecule has 6 heteroatoms. The number of hydrogen-bond acceptors (Lipinski definition) is 4. The third kappa shape index (κ3) is 3.99. The fourth-order valence-electron chi connectivity index (χ4n) is 2.59. The van der Waals surface area contributed by atoms with Gasteiger partial charge < -0.3 is 10.2 Å². The lowest BCUT2D eigenvalue weighted by Gasteiger charge is -2.30. The summed E-state index contributed by atoms with van der Waals surface area (Å²) >= 11 is 5.94. The van der Waals surface area contributed by atoms with E-state index < -0.39 is 0 Å². The molecule has 0 atom stereocenters. The van der Waals surface area contributed by atoms with Crippen molar-refractivity contribution in [3.63, 3.8) is 0 Å². The summed E-state index contributed by atoms with van der Waals surface area (Å²) in [5.41, 5.74) is 1.33. The Labute approximate surface area is 140 Å². The molecule has 1 aliphatic rings. The number of halogens is 1. The monoisotopic (exact) mass is 330 g/mol. The lowest BCUT2D eigenvalue weighted by Crippen LogP contribution is -2.38. The van der Waals surface area contributed by atoms with Gasteiger partial charge in [-0.05, 0) is 37.0 Å². The summed E-state index contributed by atoms with van der Waals surface area (Å²) in [4.78, 5) is 22.7. The Bertz CT molecular complexity index is 681. The molecule has 0 saturated carbocycles. The number of amides is 1. The van der Waals surface area contributed by atoms with Crippen molar-refractivity contribution in [3.8, 4) is 0 Å². The first-order valence-electron chi connectivity index (χ1n) is 7.76. The van der Waals surface area contributed by atoms with Crippen molar-refractivity contribution in [2.45, 2.75) is 19.8 Å². The fraction of sp³-hybridized carbons (Fsp3) is 0.353. The Morgan fingerprint density at radius 3 is 2.61 bits per heavy atom. The number of rotatable bonds is 3. The predicted octanol–water partition coefficient (Wildman–Crippen LogP) is 3.75. The third-order valence-corrected chi connectivity index (χ3v) is 4.29. The summed E-state index contributed by atoms with van der Waals surface area (Å²) < 4.78 is 0. The highest BCUT2D eigenvalue weighted by Crippen LogP contribution is 2.19. The second-order valence-electron chi connectivity index (χ2n) is 5.91. The second kappa shape index (κ2) is 6.96. The number of carbonyl (C=O) groups excluding carboxylic acids is 1. The van der Waals surface area contributed by atoms with Crippen LogP contribution in [0.3, 0.4) is 0 Å². The van der Waals surface area contributed by atoms with Gasteiger partial charge in [0.15, 0.2) is 0 Å². The molecule has 0 bridgehead atoms. The maximum absolute atomic E-state index is 12.4. The first kappa shape index (κ1) is 15.7. The van der Waals surface area contributed by atoms with E-state index in [2.05, 4.69) is 22.2 Å². The van der Waals surface area contributed by atoms with Crippen molar-refractivity contribution in [2.24, 2.45) is 5.92 Å². The van der Waals surface area contributed by atoms with Crippen molar-refractivity contribution >= 4 is 29.1 Å². The van der Waals surface area contributed by atoms with Crippen LogP contribution in [0.4, 0.5) is 11.6 Å². The van der Waals surface area contributed by atoms with E-state index in [1.165, 1.54) is 0 Å². The van der Waals surface area contributed by atoms with Gasteiger partial charge >= 0.3 is 0 Å². The van der Waals surface area contributed by atoms with Gasteiger partial charge in [-0.1, -0.05) is 24.6 Å². The standard InChI is InChI=1S/C17H19ClN4O/c1-12-5-7-22(8-6-12)16(23)13-10-19-17(20-11-13)21-15-4-2-3-14(18)9-15/h2-4,9-12H,5-8H2,1H3,(H,19,20,21). The molecule has 120 valence electrons. The number of hydrogen-bond donors (Lipinski definition) is 1. The van der Waals surface area contributed by atoms with Crippen LogP contribution in [0.5, 0.6) is 0 Å². The molecule has 0 radical (unpaired) electrons. The van der Waals surface area contributed by atoms with E-state index in [9.17, 15) is 4.79 Å². The normalized spacial score (nSPS) is 15.5. The zero-order valence-electron chi connectivity index (χ0n) is 13.0. The summed E-state index contributed by atoms with van der Waals surface area (Å²) in [5.74, 6) is 1.14. The highest BCUT2D eigenvalue weighted by molar-refractivity contribution is 6.30. The third-order valence-electron chi connectivity index (χ3n) is 4.05. The highest BCUT2D eigenvalue weighted by Gasteiger charge is 2.21. The van der Waals surface area contributed by atoms with Gasteiger partial charge in [0.25, 0.3) is 5.91 Å². The van der Waals surface area contributed by atoms with E-state index in [4.69, 9.17) is 11.6 Å². The molecule has 1 fully saturated rings.